The molecule has 2 saturated carbocycles. The number of pyridine rings is 1. The second kappa shape index (κ2) is 8.38. The van der Waals surface area contributed by atoms with E-state index in [-0.39, 0.29) is 11.3 Å². The molecule has 5 rings (SSSR count). The molecule has 2 aliphatic rings. The minimum atomic E-state index is -0.446. The van der Waals surface area contributed by atoms with Gasteiger partial charge in [0.05, 0.1) is 18.2 Å². The number of halogens is 2. The summed E-state index contributed by atoms with van der Waals surface area (Å²) in [6.07, 6.45) is 8.30. The molecule has 3 aromatic rings. The van der Waals surface area contributed by atoms with Crippen LogP contribution in [0.3, 0.4) is 0 Å². The van der Waals surface area contributed by atoms with Crippen molar-refractivity contribution in [3.8, 4) is 22.6 Å². The number of aromatic nitrogens is 1. The zero-order valence-electron chi connectivity index (χ0n) is 18.3. The van der Waals surface area contributed by atoms with Gasteiger partial charge in [0.25, 0.3) is 0 Å². The first-order valence-electron chi connectivity index (χ1n) is 11.0. The molecule has 32 heavy (non-hydrogen) atoms. The molecule has 0 amide bonds. The first-order chi connectivity index (χ1) is 15.5. The highest BCUT2D eigenvalue weighted by molar-refractivity contribution is 6.32. The summed E-state index contributed by atoms with van der Waals surface area (Å²) in [7, 11) is 1.43. The number of hydrogen-bond donors (Lipinski definition) is 1. The van der Waals surface area contributed by atoms with Crippen molar-refractivity contribution in [2.24, 2.45) is 0 Å². The van der Waals surface area contributed by atoms with Crippen molar-refractivity contribution >= 4 is 11.6 Å². The van der Waals surface area contributed by atoms with E-state index in [1.54, 1.807) is 0 Å². The van der Waals surface area contributed by atoms with Crippen molar-refractivity contribution in [2.75, 3.05) is 7.11 Å². The van der Waals surface area contributed by atoms with Crippen LogP contribution >= 0.6 is 11.6 Å². The molecule has 2 fully saturated rings. The average molecular weight is 453 g/mol. The molecule has 0 bridgehead atoms. The Hall–Kier alpha value is -2.63. The topological polar surface area (TPSA) is 43.4 Å². The molecule has 166 valence electrons. The molecule has 2 aromatic carbocycles. The van der Waals surface area contributed by atoms with Gasteiger partial charge in [-0.05, 0) is 73.1 Å². The number of rotatable bonds is 8. The van der Waals surface area contributed by atoms with Crippen molar-refractivity contribution in [3.63, 3.8) is 0 Å². The van der Waals surface area contributed by atoms with E-state index in [4.69, 9.17) is 21.1 Å². The van der Waals surface area contributed by atoms with Crippen LogP contribution in [0, 0.1) is 12.7 Å². The zero-order chi connectivity index (χ0) is 22.3. The first kappa shape index (κ1) is 21.2. The largest absolute Gasteiger partial charge is 0.492 e. The molecule has 1 heterocycles. The maximum absolute atomic E-state index is 14.4. The third kappa shape index (κ3) is 3.96. The highest BCUT2D eigenvalue weighted by Gasteiger charge is 2.46. The number of hydrogen-bond acceptors (Lipinski definition) is 4. The number of nitrogens with zero attached hydrogens (tertiary/aromatic N) is 1. The highest BCUT2D eigenvalue weighted by atomic mass is 35.5. The molecule has 6 heteroatoms. The van der Waals surface area contributed by atoms with Gasteiger partial charge < -0.3 is 14.8 Å². The minimum absolute atomic E-state index is 0.0934. The Balaban J connectivity index is 1.45. The molecule has 0 radical (unpaired) electrons. The molecular weight excluding hydrogens is 427 g/mol. The fourth-order valence-corrected chi connectivity index (χ4v) is 4.50. The van der Waals surface area contributed by atoms with Gasteiger partial charge in [0.15, 0.2) is 11.6 Å². The summed E-state index contributed by atoms with van der Waals surface area (Å²) in [4.78, 5) is 4.43. The van der Waals surface area contributed by atoms with Crippen LogP contribution in [-0.2, 0) is 12.1 Å². The molecule has 0 spiro atoms. The summed E-state index contributed by atoms with van der Waals surface area (Å²) in [6.45, 7) is 2.39. The third-order valence-corrected chi connectivity index (χ3v) is 6.89. The third-order valence-electron chi connectivity index (χ3n) is 6.43. The predicted octanol–water partition coefficient (Wildman–Crippen LogP) is 6.18. The fourth-order valence-electron chi connectivity index (χ4n) is 4.21. The van der Waals surface area contributed by atoms with E-state index >= 15 is 0 Å². The lowest BCUT2D eigenvalue weighted by atomic mass is 9.94. The van der Waals surface area contributed by atoms with Gasteiger partial charge in [0, 0.05) is 30.0 Å². The SMILES string of the molecule is COc1c(F)cc(CNC2(c3cnccc3-c3ccccc3OC3CC3)CC2)c(C)c1Cl. The van der Waals surface area contributed by atoms with Crippen molar-refractivity contribution < 1.29 is 13.9 Å². The molecular formula is C26H26ClFN2O2. The van der Waals surface area contributed by atoms with E-state index in [1.807, 2.05) is 37.5 Å². The van der Waals surface area contributed by atoms with Gasteiger partial charge in [0.1, 0.15) is 5.75 Å². The molecule has 0 saturated heterocycles. The number of para-hydroxylation sites is 1. The van der Waals surface area contributed by atoms with Crippen LogP contribution in [0.25, 0.3) is 11.1 Å². The van der Waals surface area contributed by atoms with Gasteiger partial charge in [-0.15, -0.1) is 0 Å². The molecule has 0 unspecified atom stereocenters. The highest BCUT2D eigenvalue weighted by Crippen LogP contribution is 2.50. The molecule has 1 N–H and O–H groups in total. The summed E-state index contributed by atoms with van der Waals surface area (Å²) in [6, 6.07) is 11.8. The molecule has 2 aliphatic carbocycles. The Morgan fingerprint density at radius 3 is 2.69 bits per heavy atom. The second-order valence-electron chi connectivity index (χ2n) is 8.66. The Morgan fingerprint density at radius 2 is 1.97 bits per heavy atom. The number of ether oxygens (including phenoxy) is 2. The summed E-state index contributed by atoms with van der Waals surface area (Å²) in [5.41, 5.74) is 4.79. The Labute approximate surface area is 192 Å². The van der Waals surface area contributed by atoms with Crippen molar-refractivity contribution in [2.45, 2.75) is 50.8 Å². The zero-order valence-corrected chi connectivity index (χ0v) is 19.0. The summed E-state index contributed by atoms with van der Waals surface area (Å²) < 4.78 is 25.7. The lowest BCUT2D eigenvalue weighted by Gasteiger charge is -2.23. The standard InChI is InChI=1S/C26H26ClFN2O2/c1-16-17(13-22(28)25(31-2)24(16)27)14-30-26(10-11-26)21-15-29-12-9-19(21)20-5-3-4-6-23(20)32-18-7-8-18/h3-6,9,12-13,15,18,30H,7-8,10-11,14H2,1-2H3. The average Bonchev–Trinajstić information content (AvgIpc) is 3.73. The fraction of sp³-hybridized carbons (Fsp3) is 0.346. The van der Waals surface area contributed by atoms with Crippen LogP contribution in [0.4, 0.5) is 4.39 Å². The van der Waals surface area contributed by atoms with Crippen LogP contribution < -0.4 is 14.8 Å². The first-order valence-corrected chi connectivity index (χ1v) is 11.4. The van der Waals surface area contributed by atoms with Gasteiger partial charge in [-0.2, -0.15) is 0 Å². The van der Waals surface area contributed by atoms with Gasteiger partial charge in [-0.3, -0.25) is 4.98 Å². The molecule has 4 nitrogen and oxygen atoms in total. The summed E-state index contributed by atoms with van der Waals surface area (Å²) >= 11 is 6.34. The normalized spacial score (nSPS) is 16.6. The van der Waals surface area contributed by atoms with Gasteiger partial charge >= 0.3 is 0 Å². The quantitative estimate of drug-likeness (QED) is 0.443. The minimum Gasteiger partial charge on any atom is -0.492 e. The van der Waals surface area contributed by atoms with Crippen LogP contribution in [0.15, 0.2) is 48.8 Å². The predicted molar refractivity (Wildman–Crippen MR) is 124 cm³/mol. The number of nitrogens with one attached hydrogen (secondary N) is 1. The van der Waals surface area contributed by atoms with E-state index < -0.39 is 5.82 Å². The van der Waals surface area contributed by atoms with Crippen LogP contribution in [0.2, 0.25) is 5.02 Å². The monoisotopic (exact) mass is 452 g/mol. The molecule has 1 aromatic heterocycles. The molecule has 0 aliphatic heterocycles. The van der Waals surface area contributed by atoms with Gasteiger partial charge in [0.2, 0.25) is 0 Å². The van der Waals surface area contributed by atoms with E-state index in [9.17, 15) is 4.39 Å². The smallest absolute Gasteiger partial charge is 0.173 e. The maximum atomic E-state index is 14.4. The van der Waals surface area contributed by atoms with Crippen molar-refractivity contribution in [3.05, 3.63) is 76.3 Å². The lowest BCUT2D eigenvalue weighted by Crippen LogP contribution is -2.29. The van der Waals surface area contributed by atoms with E-state index in [2.05, 4.69) is 22.4 Å². The lowest BCUT2D eigenvalue weighted by molar-refractivity contribution is 0.304. The Morgan fingerprint density at radius 1 is 1.19 bits per heavy atom. The number of methoxy groups -OCH3 is 1. The van der Waals surface area contributed by atoms with Crippen molar-refractivity contribution in [1.29, 1.82) is 0 Å². The summed E-state index contributed by atoms with van der Waals surface area (Å²) in [5, 5.41) is 3.99. The van der Waals surface area contributed by atoms with Crippen molar-refractivity contribution in [1.82, 2.24) is 10.3 Å². The van der Waals surface area contributed by atoms with E-state index in [0.717, 1.165) is 59.3 Å². The van der Waals surface area contributed by atoms with Crippen LogP contribution in [0.5, 0.6) is 11.5 Å². The van der Waals surface area contributed by atoms with E-state index in [1.165, 1.54) is 13.2 Å². The number of benzene rings is 2. The second-order valence-corrected chi connectivity index (χ2v) is 9.04. The Bertz CT molecular complexity index is 1160. The summed E-state index contributed by atoms with van der Waals surface area (Å²) in [5.74, 6) is 0.562. The van der Waals surface area contributed by atoms with E-state index in [0.29, 0.717) is 17.7 Å². The Kier molecular flexibility index (Phi) is 5.56. The van der Waals surface area contributed by atoms with Gasteiger partial charge in [-0.1, -0.05) is 29.8 Å². The maximum Gasteiger partial charge on any atom is 0.173 e. The van der Waals surface area contributed by atoms with Crippen LogP contribution in [0.1, 0.15) is 42.4 Å². The van der Waals surface area contributed by atoms with Crippen LogP contribution in [-0.4, -0.2) is 18.2 Å². The van der Waals surface area contributed by atoms with Gasteiger partial charge in [-0.25, -0.2) is 4.39 Å². The molecule has 0 atom stereocenters.